The zero-order valence-corrected chi connectivity index (χ0v) is 16.2. The minimum absolute atomic E-state index is 0.582. The molecule has 142 valence electrons. The van der Waals surface area contributed by atoms with Gasteiger partial charge in [-0.25, -0.2) is 9.97 Å². The van der Waals surface area contributed by atoms with Crippen LogP contribution >= 0.6 is 11.3 Å². The number of aromatic amines is 1. The summed E-state index contributed by atoms with van der Waals surface area (Å²) in [6, 6.07) is 10.1. The first kappa shape index (κ1) is 17.0. The lowest BCUT2D eigenvalue weighted by atomic mass is 10.2. The number of aromatic nitrogens is 4. The van der Waals surface area contributed by atoms with Gasteiger partial charge in [0.1, 0.15) is 29.6 Å². The third-order valence-electron chi connectivity index (χ3n) is 4.60. The molecule has 0 spiro atoms. The van der Waals surface area contributed by atoms with Crippen LogP contribution in [0, 0.1) is 0 Å². The Morgan fingerprint density at radius 3 is 2.82 bits per heavy atom. The quantitative estimate of drug-likeness (QED) is 0.533. The van der Waals surface area contributed by atoms with E-state index in [1.807, 2.05) is 24.3 Å². The number of nitrogens with zero attached hydrogens (tertiary/aromatic N) is 3. The molecule has 0 fully saturated rings. The number of H-pyrrole nitrogens is 1. The summed E-state index contributed by atoms with van der Waals surface area (Å²) in [4.78, 5) is 11.7. The maximum atomic E-state index is 5.68. The van der Waals surface area contributed by atoms with Gasteiger partial charge in [-0.15, -0.1) is 11.3 Å². The molecule has 0 aliphatic carbocycles. The Labute approximate surface area is 165 Å². The molecule has 4 heterocycles. The van der Waals surface area contributed by atoms with Crippen molar-refractivity contribution in [1.29, 1.82) is 0 Å². The third kappa shape index (κ3) is 3.16. The molecule has 0 saturated carbocycles. The summed E-state index contributed by atoms with van der Waals surface area (Å²) in [5.74, 6) is 3.05. The highest BCUT2D eigenvalue weighted by Gasteiger charge is 2.15. The Hall–Kier alpha value is -3.13. The molecule has 5 rings (SSSR count). The normalized spacial score (nSPS) is 13.0. The van der Waals surface area contributed by atoms with E-state index in [-0.39, 0.29) is 0 Å². The highest BCUT2D eigenvalue weighted by Crippen LogP contribution is 2.33. The van der Waals surface area contributed by atoms with Crippen LogP contribution in [0.5, 0.6) is 11.5 Å². The van der Waals surface area contributed by atoms with Crippen molar-refractivity contribution in [2.75, 3.05) is 18.5 Å². The van der Waals surface area contributed by atoms with Crippen molar-refractivity contribution in [1.82, 2.24) is 20.2 Å². The Kier molecular flexibility index (Phi) is 4.32. The van der Waals surface area contributed by atoms with Crippen LogP contribution in [0.25, 0.3) is 21.7 Å². The smallest absolute Gasteiger partial charge is 0.180 e. The Morgan fingerprint density at radius 2 is 2.00 bits per heavy atom. The maximum Gasteiger partial charge on any atom is 0.180 e. The third-order valence-corrected chi connectivity index (χ3v) is 5.77. The summed E-state index contributed by atoms with van der Waals surface area (Å²) >= 11 is 1.70. The van der Waals surface area contributed by atoms with Gasteiger partial charge >= 0.3 is 0 Å². The van der Waals surface area contributed by atoms with Crippen molar-refractivity contribution in [2.24, 2.45) is 0 Å². The van der Waals surface area contributed by atoms with Gasteiger partial charge in [0.05, 0.1) is 5.39 Å². The number of rotatable bonds is 5. The fourth-order valence-electron chi connectivity index (χ4n) is 3.16. The predicted molar refractivity (Wildman–Crippen MR) is 109 cm³/mol. The van der Waals surface area contributed by atoms with Gasteiger partial charge in [0, 0.05) is 17.6 Å². The molecule has 0 unspecified atom stereocenters. The second kappa shape index (κ2) is 7.12. The zero-order valence-electron chi connectivity index (χ0n) is 15.4. The van der Waals surface area contributed by atoms with Crippen LogP contribution in [0.3, 0.4) is 0 Å². The van der Waals surface area contributed by atoms with Gasteiger partial charge in [0.25, 0.3) is 0 Å². The Morgan fingerprint density at radius 1 is 1.11 bits per heavy atom. The summed E-state index contributed by atoms with van der Waals surface area (Å²) in [6.07, 6.45) is 2.68. The van der Waals surface area contributed by atoms with Gasteiger partial charge in [-0.1, -0.05) is 13.0 Å². The van der Waals surface area contributed by atoms with E-state index in [9.17, 15) is 0 Å². The molecule has 4 aromatic rings. The molecule has 3 aromatic heterocycles. The average molecular weight is 393 g/mol. The van der Waals surface area contributed by atoms with Gasteiger partial charge in [0.2, 0.25) is 0 Å². The SMILES string of the molecule is CCc1cc2c(NCc3ccc4c(c3)OCCO4)nc(-c3ccn[nH]3)nc2s1. The molecule has 1 aromatic carbocycles. The van der Waals surface area contributed by atoms with Crippen molar-refractivity contribution in [3.8, 4) is 23.0 Å². The highest BCUT2D eigenvalue weighted by atomic mass is 32.1. The topological polar surface area (TPSA) is 85.0 Å². The predicted octanol–water partition coefficient (Wildman–Crippen LogP) is 4.03. The van der Waals surface area contributed by atoms with E-state index >= 15 is 0 Å². The number of fused-ring (bicyclic) bond motifs is 2. The molecule has 0 radical (unpaired) electrons. The monoisotopic (exact) mass is 393 g/mol. The van der Waals surface area contributed by atoms with E-state index in [1.165, 1.54) is 4.88 Å². The van der Waals surface area contributed by atoms with Gasteiger partial charge in [-0.2, -0.15) is 5.10 Å². The highest BCUT2D eigenvalue weighted by molar-refractivity contribution is 7.18. The Balaban J connectivity index is 1.48. The van der Waals surface area contributed by atoms with E-state index < -0.39 is 0 Å². The number of benzene rings is 1. The number of anilines is 1. The van der Waals surface area contributed by atoms with E-state index in [0.29, 0.717) is 25.6 Å². The van der Waals surface area contributed by atoms with Crippen molar-refractivity contribution in [3.05, 3.63) is 47.0 Å². The minimum atomic E-state index is 0.582. The Bertz CT molecular complexity index is 1120. The molecular weight excluding hydrogens is 374 g/mol. The molecule has 0 atom stereocenters. The standard InChI is InChI=1S/C20H19N5O2S/c1-2-13-10-14-18(23-19(24-20(14)28-13)15-5-6-22-25-15)21-11-12-3-4-16-17(9-12)27-8-7-26-16/h3-6,9-10H,2,7-8,11H2,1H3,(H,22,25)(H,21,23,24). The van der Waals surface area contributed by atoms with E-state index in [0.717, 1.165) is 45.2 Å². The van der Waals surface area contributed by atoms with Crippen molar-refractivity contribution in [3.63, 3.8) is 0 Å². The number of hydrogen-bond acceptors (Lipinski definition) is 7. The minimum Gasteiger partial charge on any atom is -0.486 e. The van der Waals surface area contributed by atoms with Crippen LogP contribution in [0.4, 0.5) is 5.82 Å². The molecule has 8 heteroatoms. The van der Waals surface area contributed by atoms with Crippen LogP contribution in [0.2, 0.25) is 0 Å². The van der Waals surface area contributed by atoms with Gasteiger partial charge in [0.15, 0.2) is 17.3 Å². The molecule has 1 aliphatic rings. The fraction of sp³-hybridized carbons (Fsp3) is 0.250. The average Bonchev–Trinajstić information content (AvgIpc) is 3.41. The first-order valence-electron chi connectivity index (χ1n) is 9.23. The number of thiophene rings is 1. The first-order chi connectivity index (χ1) is 13.8. The van der Waals surface area contributed by atoms with Crippen LogP contribution in [0.15, 0.2) is 36.5 Å². The molecule has 28 heavy (non-hydrogen) atoms. The zero-order chi connectivity index (χ0) is 18.9. The lowest BCUT2D eigenvalue weighted by Gasteiger charge is -2.19. The summed E-state index contributed by atoms with van der Waals surface area (Å²) in [6.45, 7) is 3.95. The largest absolute Gasteiger partial charge is 0.486 e. The molecular formula is C20H19N5O2S. The number of hydrogen-bond donors (Lipinski definition) is 2. The van der Waals surface area contributed by atoms with E-state index in [2.05, 4.69) is 28.5 Å². The van der Waals surface area contributed by atoms with Crippen LogP contribution in [0.1, 0.15) is 17.4 Å². The molecule has 1 aliphatic heterocycles. The first-order valence-corrected chi connectivity index (χ1v) is 10.0. The molecule has 0 bridgehead atoms. The summed E-state index contributed by atoms with van der Waals surface area (Å²) < 4.78 is 11.3. The van der Waals surface area contributed by atoms with Crippen molar-refractivity contribution in [2.45, 2.75) is 19.9 Å². The van der Waals surface area contributed by atoms with Crippen molar-refractivity contribution >= 4 is 27.4 Å². The summed E-state index contributed by atoms with van der Waals surface area (Å²) in [5.41, 5.74) is 1.90. The number of aryl methyl sites for hydroxylation is 1. The van der Waals surface area contributed by atoms with Gasteiger partial charge in [-0.05, 0) is 36.2 Å². The van der Waals surface area contributed by atoms with Gasteiger partial charge in [-0.3, -0.25) is 5.10 Å². The van der Waals surface area contributed by atoms with Gasteiger partial charge < -0.3 is 14.8 Å². The molecule has 0 saturated heterocycles. The number of nitrogens with one attached hydrogen (secondary N) is 2. The second-order valence-electron chi connectivity index (χ2n) is 6.48. The lowest BCUT2D eigenvalue weighted by Crippen LogP contribution is -2.15. The van der Waals surface area contributed by atoms with Crippen molar-refractivity contribution < 1.29 is 9.47 Å². The second-order valence-corrected chi connectivity index (χ2v) is 7.60. The lowest BCUT2D eigenvalue weighted by molar-refractivity contribution is 0.171. The van der Waals surface area contributed by atoms with Crippen LogP contribution in [-0.4, -0.2) is 33.4 Å². The molecule has 0 amide bonds. The summed E-state index contributed by atoms with van der Waals surface area (Å²) in [7, 11) is 0. The van der Waals surface area contributed by atoms with E-state index in [1.54, 1.807) is 17.5 Å². The molecule has 2 N–H and O–H groups in total. The number of ether oxygens (including phenoxy) is 2. The summed E-state index contributed by atoms with van der Waals surface area (Å²) in [5, 5.41) is 11.5. The molecule has 7 nitrogen and oxygen atoms in total. The van der Waals surface area contributed by atoms with Crippen LogP contribution < -0.4 is 14.8 Å². The maximum absolute atomic E-state index is 5.68. The van der Waals surface area contributed by atoms with E-state index in [4.69, 9.17) is 19.4 Å². The van der Waals surface area contributed by atoms with Crippen LogP contribution in [-0.2, 0) is 13.0 Å². The fourth-order valence-corrected chi connectivity index (χ4v) is 4.13.